The van der Waals surface area contributed by atoms with Gasteiger partial charge < -0.3 is 9.47 Å². The first kappa shape index (κ1) is 27.9. The van der Waals surface area contributed by atoms with Crippen LogP contribution < -0.4 is 9.47 Å². The molecule has 4 nitrogen and oxygen atoms in total. The van der Waals surface area contributed by atoms with Gasteiger partial charge in [-0.25, -0.2) is 9.59 Å². The van der Waals surface area contributed by atoms with Crippen LogP contribution in [-0.4, -0.2) is 11.9 Å². The standard InChI is InChI=1S/C28H18F6O4S/c1-13(2)25(35)37-16-7-5-15(6-8-16)17-9-10-18-19-11-12-20(38-26(36)14(3)4)22(28(32,33)34)24(19)39-23(18)21(17)27(29,30)31/h5-12H,1,3H2,2,4H3. The molecule has 0 aliphatic carbocycles. The van der Waals surface area contributed by atoms with E-state index in [4.69, 9.17) is 9.47 Å². The molecule has 0 fully saturated rings. The molecule has 1 aromatic heterocycles. The molecular weight excluding hydrogens is 546 g/mol. The summed E-state index contributed by atoms with van der Waals surface area (Å²) in [6.45, 7) is 9.48. The minimum atomic E-state index is -5.04. The Morgan fingerprint density at radius 1 is 0.692 bits per heavy atom. The molecule has 39 heavy (non-hydrogen) atoms. The summed E-state index contributed by atoms with van der Waals surface area (Å²) in [5, 5.41) is -0.113. The number of esters is 2. The normalized spacial score (nSPS) is 12.0. The minimum absolute atomic E-state index is 0.0404. The Morgan fingerprint density at radius 3 is 1.69 bits per heavy atom. The second-order valence-corrected chi connectivity index (χ2v) is 9.66. The highest BCUT2D eigenvalue weighted by Gasteiger charge is 2.41. The topological polar surface area (TPSA) is 52.6 Å². The van der Waals surface area contributed by atoms with Gasteiger partial charge in [-0.1, -0.05) is 37.4 Å². The zero-order chi connectivity index (χ0) is 28.9. The van der Waals surface area contributed by atoms with Crippen molar-refractivity contribution in [1.29, 1.82) is 0 Å². The molecule has 0 bridgehead atoms. The smallest absolute Gasteiger partial charge is 0.421 e. The molecule has 0 saturated carbocycles. The number of carbonyl (C=O) groups is 2. The molecule has 0 amide bonds. The highest BCUT2D eigenvalue weighted by Crippen LogP contribution is 2.51. The summed E-state index contributed by atoms with van der Waals surface area (Å²) < 4.78 is 94.7. The van der Waals surface area contributed by atoms with Crippen LogP contribution in [0.1, 0.15) is 25.0 Å². The van der Waals surface area contributed by atoms with Crippen molar-refractivity contribution < 1.29 is 45.4 Å². The number of carbonyl (C=O) groups excluding carboxylic acids is 2. The number of alkyl halides is 6. The maximum atomic E-state index is 14.4. The largest absolute Gasteiger partial charge is 0.423 e. The Morgan fingerprint density at radius 2 is 1.18 bits per heavy atom. The zero-order valence-electron chi connectivity index (χ0n) is 20.3. The molecular formula is C28H18F6O4S. The molecule has 0 radical (unpaired) electrons. The highest BCUT2D eigenvalue weighted by atomic mass is 32.1. The van der Waals surface area contributed by atoms with E-state index < -0.39 is 50.6 Å². The number of ether oxygens (including phenoxy) is 2. The SMILES string of the molecule is C=C(C)C(=O)Oc1ccc(-c2ccc3c(sc4c(C(F)(F)F)c(OC(=O)C(=C)C)ccc43)c2C(F)(F)F)cc1. The van der Waals surface area contributed by atoms with E-state index in [0.717, 1.165) is 6.07 Å². The number of benzene rings is 3. The fourth-order valence-electron chi connectivity index (χ4n) is 3.84. The molecule has 4 rings (SSSR count). The van der Waals surface area contributed by atoms with E-state index in [1.54, 1.807) is 0 Å². The summed E-state index contributed by atoms with van der Waals surface area (Å²) in [6.07, 6.45) is -9.97. The van der Waals surface area contributed by atoms with Gasteiger partial charge in [0.2, 0.25) is 0 Å². The van der Waals surface area contributed by atoms with Gasteiger partial charge in [0.25, 0.3) is 0 Å². The van der Waals surface area contributed by atoms with Gasteiger partial charge in [0.05, 0.1) is 10.3 Å². The second-order valence-electron chi connectivity index (χ2n) is 8.64. The molecule has 0 aliphatic heterocycles. The molecule has 3 aromatic carbocycles. The summed E-state index contributed by atoms with van der Waals surface area (Å²) >= 11 is 0.309. The van der Waals surface area contributed by atoms with Gasteiger partial charge in [-0.2, -0.15) is 26.3 Å². The predicted molar refractivity (Wildman–Crippen MR) is 136 cm³/mol. The number of hydrogen-bond acceptors (Lipinski definition) is 5. The fourth-order valence-corrected chi connectivity index (χ4v) is 5.27. The third-order valence-corrected chi connectivity index (χ3v) is 6.87. The average molecular weight is 565 g/mol. The van der Waals surface area contributed by atoms with Gasteiger partial charge in [0.15, 0.2) is 0 Å². The number of fused-ring (bicyclic) bond motifs is 3. The van der Waals surface area contributed by atoms with Crippen molar-refractivity contribution in [3.8, 4) is 22.6 Å². The summed E-state index contributed by atoms with van der Waals surface area (Å²) in [7, 11) is 0. The van der Waals surface area contributed by atoms with E-state index in [0.29, 0.717) is 11.3 Å². The Hall–Kier alpha value is -4.12. The number of rotatable bonds is 5. The summed E-state index contributed by atoms with van der Waals surface area (Å²) in [6, 6.07) is 9.80. The number of halogens is 6. The van der Waals surface area contributed by atoms with Gasteiger partial charge in [-0.15, -0.1) is 11.3 Å². The molecule has 4 aromatic rings. The van der Waals surface area contributed by atoms with Crippen molar-refractivity contribution >= 4 is 43.4 Å². The molecule has 1 heterocycles. The van der Waals surface area contributed by atoms with Crippen LogP contribution >= 0.6 is 11.3 Å². The first-order valence-corrected chi connectivity index (χ1v) is 11.9. The van der Waals surface area contributed by atoms with Crippen LogP contribution in [0.25, 0.3) is 31.3 Å². The van der Waals surface area contributed by atoms with Gasteiger partial charge in [-0.05, 0) is 49.2 Å². The van der Waals surface area contributed by atoms with Crippen molar-refractivity contribution in [2.45, 2.75) is 26.2 Å². The van der Waals surface area contributed by atoms with Gasteiger partial charge >= 0.3 is 24.3 Å². The van der Waals surface area contributed by atoms with Crippen molar-refractivity contribution in [3.05, 3.63) is 84.0 Å². The minimum Gasteiger partial charge on any atom is -0.423 e. The van der Waals surface area contributed by atoms with E-state index >= 15 is 0 Å². The van der Waals surface area contributed by atoms with Crippen LogP contribution in [-0.2, 0) is 21.9 Å². The van der Waals surface area contributed by atoms with E-state index in [1.165, 1.54) is 56.3 Å². The van der Waals surface area contributed by atoms with Gasteiger partial charge in [0, 0.05) is 26.6 Å². The zero-order valence-corrected chi connectivity index (χ0v) is 21.2. The van der Waals surface area contributed by atoms with Crippen molar-refractivity contribution in [2.24, 2.45) is 0 Å². The van der Waals surface area contributed by atoms with Gasteiger partial charge in [0.1, 0.15) is 17.1 Å². The van der Waals surface area contributed by atoms with Gasteiger partial charge in [-0.3, -0.25) is 0 Å². The van der Waals surface area contributed by atoms with Crippen LogP contribution in [0.2, 0.25) is 0 Å². The fraction of sp³-hybridized carbons (Fsp3) is 0.143. The first-order valence-electron chi connectivity index (χ1n) is 11.1. The van der Waals surface area contributed by atoms with Crippen LogP contribution in [0.15, 0.2) is 72.8 Å². The molecule has 202 valence electrons. The van der Waals surface area contributed by atoms with Crippen molar-refractivity contribution in [3.63, 3.8) is 0 Å². The Labute approximate surface area is 221 Å². The van der Waals surface area contributed by atoms with E-state index in [2.05, 4.69) is 13.2 Å². The molecule has 0 aliphatic rings. The highest BCUT2D eigenvalue weighted by molar-refractivity contribution is 7.26. The quantitative estimate of drug-likeness (QED) is 0.105. The summed E-state index contributed by atoms with van der Waals surface area (Å²) in [5.41, 5.74) is -2.67. The molecule has 0 atom stereocenters. The lowest BCUT2D eigenvalue weighted by Crippen LogP contribution is -2.14. The lowest BCUT2D eigenvalue weighted by atomic mass is 9.96. The monoisotopic (exact) mass is 564 g/mol. The van der Waals surface area contributed by atoms with E-state index in [9.17, 15) is 35.9 Å². The third-order valence-electron chi connectivity index (χ3n) is 5.61. The van der Waals surface area contributed by atoms with Crippen LogP contribution in [0.4, 0.5) is 26.3 Å². The van der Waals surface area contributed by atoms with E-state index in [-0.39, 0.29) is 38.8 Å². The number of hydrogen-bond donors (Lipinski definition) is 0. The molecule has 0 saturated heterocycles. The maximum absolute atomic E-state index is 14.4. The summed E-state index contributed by atoms with van der Waals surface area (Å²) in [4.78, 5) is 23.7. The van der Waals surface area contributed by atoms with Crippen molar-refractivity contribution in [1.82, 2.24) is 0 Å². The van der Waals surface area contributed by atoms with Crippen LogP contribution in [0.5, 0.6) is 11.5 Å². The Balaban J connectivity index is 1.95. The molecule has 11 heteroatoms. The first-order chi connectivity index (χ1) is 18.1. The maximum Gasteiger partial charge on any atom is 0.421 e. The lowest BCUT2D eigenvalue weighted by molar-refractivity contribution is -0.140. The summed E-state index contributed by atoms with van der Waals surface area (Å²) in [5.74, 6) is -2.56. The Kier molecular flexibility index (Phi) is 7.07. The van der Waals surface area contributed by atoms with E-state index in [1.807, 2.05) is 0 Å². The predicted octanol–water partition coefficient (Wildman–Crippen LogP) is 8.72. The molecule has 0 unspecified atom stereocenters. The Bertz CT molecular complexity index is 1660. The lowest BCUT2D eigenvalue weighted by Gasteiger charge is -2.15. The molecule has 0 N–H and O–H groups in total. The van der Waals surface area contributed by atoms with Crippen LogP contribution in [0, 0.1) is 0 Å². The molecule has 0 spiro atoms. The number of thiophene rings is 1. The second kappa shape index (κ2) is 9.88. The average Bonchev–Trinajstić information content (AvgIpc) is 3.20. The van der Waals surface area contributed by atoms with Crippen molar-refractivity contribution in [2.75, 3.05) is 0 Å². The third kappa shape index (κ3) is 5.40. The van der Waals surface area contributed by atoms with Crippen LogP contribution in [0.3, 0.4) is 0 Å².